The van der Waals surface area contributed by atoms with Crippen LogP contribution in [0.4, 0.5) is 0 Å². The zero-order valence-corrected chi connectivity index (χ0v) is 21.0. The first-order chi connectivity index (χ1) is 18.9. The van der Waals surface area contributed by atoms with Crippen LogP contribution < -0.4 is 0 Å². The molecule has 0 fully saturated rings. The fraction of sp³-hybridized carbons (Fsp3) is 0. The summed E-state index contributed by atoms with van der Waals surface area (Å²) in [5, 5.41) is 5.10. The molecule has 38 heavy (non-hydrogen) atoms. The highest BCUT2D eigenvalue weighted by molar-refractivity contribution is 6.21. The number of hydrogen-bond donors (Lipinski definition) is 0. The van der Waals surface area contributed by atoms with Crippen molar-refractivity contribution in [1.82, 2.24) is 0 Å². The molecule has 0 heterocycles. The molecule has 0 aliphatic carbocycles. The van der Waals surface area contributed by atoms with Crippen LogP contribution >= 0.6 is 0 Å². The van der Waals surface area contributed by atoms with E-state index in [0.717, 1.165) is 0 Å². The Balaban J connectivity index is 1.60. The second-order valence-corrected chi connectivity index (χ2v) is 9.74. The van der Waals surface area contributed by atoms with E-state index in [-0.39, 0.29) is 0 Å². The highest BCUT2D eigenvalue weighted by Gasteiger charge is 2.17. The minimum absolute atomic E-state index is 1.22. The lowest BCUT2D eigenvalue weighted by molar-refractivity contribution is 1.58. The maximum absolute atomic E-state index is 2.36. The largest absolute Gasteiger partial charge is 0.0622 e. The van der Waals surface area contributed by atoms with E-state index in [0.29, 0.717) is 0 Å². The maximum Gasteiger partial charge on any atom is -0.00259 e. The zero-order chi connectivity index (χ0) is 25.3. The van der Waals surface area contributed by atoms with Crippen LogP contribution in [0, 0.1) is 0 Å². The van der Waals surface area contributed by atoms with E-state index in [1.165, 1.54) is 66.1 Å². The average molecular weight is 483 g/mol. The maximum atomic E-state index is 2.36. The third kappa shape index (κ3) is 3.88. The summed E-state index contributed by atoms with van der Waals surface area (Å²) in [6.45, 7) is 0. The fourth-order valence-electron chi connectivity index (χ4n) is 5.72. The minimum Gasteiger partial charge on any atom is -0.0622 e. The van der Waals surface area contributed by atoms with E-state index in [1.807, 2.05) is 0 Å². The molecule has 0 heteroatoms. The molecule has 0 bridgehead atoms. The van der Waals surface area contributed by atoms with E-state index < -0.39 is 0 Å². The second-order valence-electron chi connectivity index (χ2n) is 9.74. The van der Waals surface area contributed by atoms with Gasteiger partial charge in [0.05, 0.1) is 0 Å². The molecule has 7 aromatic rings. The van der Waals surface area contributed by atoms with Crippen molar-refractivity contribution in [2.75, 3.05) is 0 Å². The van der Waals surface area contributed by atoms with E-state index in [9.17, 15) is 0 Å². The molecule has 0 saturated heterocycles. The standard InChI is InChI=1S/C38H26/c1-4-14-27(15-5-1)30-24-31(28-16-6-2-7-17-28)26-32(25-30)38-35-22-12-10-20-33(35)37(29-18-8-3-9-19-29)34-21-11-13-23-36(34)38/h1-26H. The molecule has 0 spiro atoms. The minimum atomic E-state index is 1.22. The van der Waals surface area contributed by atoms with Crippen molar-refractivity contribution in [2.45, 2.75) is 0 Å². The zero-order valence-electron chi connectivity index (χ0n) is 21.0. The number of benzene rings is 7. The van der Waals surface area contributed by atoms with Crippen LogP contribution in [-0.2, 0) is 0 Å². The Hall–Kier alpha value is -4.94. The molecule has 7 aromatic carbocycles. The van der Waals surface area contributed by atoms with Crippen LogP contribution in [0.1, 0.15) is 0 Å². The van der Waals surface area contributed by atoms with E-state index in [4.69, 9.17) is 0 Å². The summed E-state index contributed by atoms with van der Waals surface area (Å²) in [6, 6.07) is 57.0. The van der Waals surface area contributed by atoms with Crippen molar-refractivity contribution in [2.24, 2.45) is 0 Å². The predicted octanol–water partition coefficient (Wildman–Crippen LogP) is 10.7. The highest BCUT2D eigenvalue weighted by atomic mass is 14.2. The Morgan fingerprint density at radius 3 is 0.895 bits per heavy atom. The van der Waals surface area contributed by atoms with Crippen molar-refractivity contribution in [3.8, 4) is 44.5 Å². The van der Waals surface area contributed by atoms with Crippen molar-refractivity contribution >= 4 is 21.5 Å². The van der Waals surface area contributed by atoms with Crippen LogP contribution in [0.2, 0.25) is 0 Å². The van der Waals surface area contributed by atoms with Gasteiger partial charge in [0.15, 0.2) is 0 Å². The molecule has 0 saturated carbocycles. The fourth-order valence-corrected chi connectivity index (χ4v) is 5.72. The Bertz CT molecular complexity index is 1770. The molecule has 0 nitrogen and oxygen atoms in total. The van der Waals surface area contributed by atoms with Crippen LogP contribution in [-0.4, -0.2) is 0 Å². The lowest BCUT2D eigenvalue weighted by Crippen LogP contribution is -1.92. The summed E-state index contributed by atoms with van der Waals surface area (Å²) in [5.41, 5.74) is 9.95. The summed E-state index contributed by atoms with van der Waals surface area (Å²) in [4.78, 5) is 0. The lowest BCUT2D eigenvalue weighted by atomic mass is 9.84. The smallest absolute Gasteiger partial charge is 0.00259 e. The van der Waals surface area contributed by atoms with Crippen LogP contribution in [0.5, 0.6) is 0 Å². The monoisotopic (exact) mass is 482 g/mol. The van der Waals surface area contributed by atoms with Gasteiger partial charge in [0, 0.05) is 0 Å². The first-order valence-electron chi connectivity index (χ1n) is 13.1. The van der Waals surface area contributed by atoms with Crippen molar-refractivity contribution in [1.29, 1.82) is 0 Å². The summed E-state index contributed by atoms with van der Waals surface area (Å²) < 4.78 is 0. The van der Waals surface area contributed by atoms with Gasteiger partial charge in [-0.2, -0.15) is 0 Å². The molecule has 7 rings (SSSR count). The molecule has 0 aliphatic heterocycles. The van der Waals surface area contributed by atoms with E-state index in [2.05, 4.69) is 158 Å². The SMILES string of the molecule is c1ccc(-c2cc(-c3ccccc3)cc(-c3c4ccccc4c(-c4ccccc4)c4ccccc34)c2)cc1. The summed E-state index contributed by atoms with van der Waals surface area (Å²) in [5.74, 6) is 0. The van der Waals surface area contributed by atoms with Gasteiger partial charge in [-0.1, -0.05) is 140 Å². The van der Waals surface area contributed by atoms with E-state index in [1.54, 1.807) is 0 Å². The van der Waals surface area contributed by atoms with E-state index >= 15 is 0 Å². The summed E-state index contributed by atoms with van der Waals surface area (Å²) in [6.07, 6.45) is 0. The molecular formula is C38H26. The molecule has 0 atom stereocenters. The second kappa shape index (κ2) is 9.50. The lowest BCUT2D eigenvalue weighted by Gasteiger charge is -2.19. The molecule has 0 amide bonds. The topological polar surface area (TPSA) is 0 Å². The van der Waals surface area contributed by atoms with Crippen LogP contribution in [0.25, 0.3) is 66.1 Å². The third-order valence-electron chi connectivity index (χ3n) is 7.43. The van der Waals surface area contributed by atoms with Crippen LogP contribution in [0.3, 0.4) is 0 Å². The van der Waals surface area contributed by atoms with Gasteiger partial charge >= 0.3 is 0 Å². The molecule has 0 N–H and O–H groups in total. The van der Waals surface area contributed by atoms with Gasteiger partial charge < -0.3 is 0 Å². The van der Waals surface area contributed by atoms with Crippen molar-refractivity contribution in [3.63, 3.8) is 0 Å². The molecular weight excluding hydrogens is 456 g/mol. The normalized spacial score (nSPS) is 11.2. The molecule has 0 radical (unpaired) electrons. The first-order valence-corrected chi connectivity index (χ1v) is 13.1. The summed E-state index contributed by atoms with van der Waals surface area (Å²) >= 11 is 0. The quantitative estimate of drug-likeness (QED) is 0.219. The highest BCUT2D eigenvalue weighted by Crippen LogP contribution is 2.45. The molecule has 178 valence electrons. The number of hydrogen-bond acceptors (Lipinski definition) is 0. The van der Waals surface area contributed by atoms with Gasteiger partial charge in [-0.3, -0.25) is 0 Å². The molecule has 0 aromatic heterocycles. The van der Waals surface area contributed by atoms with Gasteiger partial charge in [0.2, 0.25) is 0 Å². The first kappa shape index (κ1) is 22.3. The van der Waals surface area contributed by atoms with Crippen LogP contribution in [0.15, 0.2) is 158 Å². The van der Waals surface area contributed by atoms with Gasteiger partial charge in [-0.05, 0) is 84.3 Å². The number of rotatable bonds is 4. The van der Waals surface area contributed by atoms with Gasteiger partial charge in [-0.25, -0.2) is 0 Å². The Morgan fingerprint density at radius 1 is 0.211 bits per heavy atom. The Morgan fingerprint density at radius 2 is 0.500 bits per heavy atom. The molecule has 0 aliphatic rings. The average Bonchev–Trinajstić information content (AvgIpc) is 3.01. The van der Waals surface area contributed by atoms with Gasteiger partial charge in [0.25, 0.3) is 0 Å². The third-order valence-corrected chi connectivity index (χ3v) is 7.43. The Labute approximate surface area is 223 Å². The van der Waals surface area contributed by atoms with Gasteiger partial charge in [0.1, 0.15) is 0 Å². The predicted molar refractivity (Wildman–Crippen MR) is 163 cm³/mol. The van der Waals surface area contributed by atoms with Crippen molar-refractivity contribution in [3.05, 3.63) is 158 Å². The van der Waals surface area contributed by atoms with Crippen molar-refractivity contribution < 1.29 is 0 Å². The Kier molecular flexibility index (Phi) is 5.57. The molecule has 0 unspecified atom stereocenters. The van der Waals surface area contributed by atoms with Gasteiger partial charge in [-0.15, -0.1) is 0 Å². The number of fused-ring (bicyclic) bond motifs is 2. The summed E-state index contributed by atoms with van der Waals surface area (Å²) in [7, 11) is 0.